The predicted octanol–water partition coefficient (Wildman–Crippen LogP) is 1.60. The van der Waals surface area contributed by atoms with Gasteiger partial charge in [0.05, 0.1) is 6.10 Å². The maximum Gasteiger partial charge on any atom is 0.404 e. The van der Waals surface area contributed by atoms with Crippen LogP contribution in [0.3, 0.4) is 0 Å². The van der Waals surface area contributed by atoms with Gasteiger partial charge in [-0.15, -0.1) is 0 Å². The third-order valence-electron chi connectivity index (χ3n) is 2.27. The van der Waals surface area contributed by atoms with Crippen molar-refractivity contribution in [1.29, 1.82) is 0 Å². The topological polar surface area (TPSA) is 58.6 Å². The first-order valence-electron chi connectivity index (χ1n) is 4.83. The monoisotopic (exact) mass is 187 g/mol. The van der Waals surface area contributed by atoms with E-state index in [2.05, 4.69) is 12.2 Å². The lowest BCUT2D eigenvalue weighted by Gasteiger charge is -2.34. The molecule has 1 aliphatic carbocycles. The van der Waals surface area contributed by atoms with Crippen molar-refractivity contribution < 1.29 is 14.6 Å². The highest BCUT2D eigenvalue weighted by Gasteiger charge is 2.30. The molecule has 1 saturated carbocycles. The molecule has 0 spiro atoms. The quantitative estimate of drug-likeness (QED) is 0.643. The van der Waals surface area contributed by atoms with Crippen molar-refractivity contribution in [2.75, 3.05) is 6.61 Å². The first-order chi connectivity index (χ1) is 6.22. The lowest BCUT2D eigenvalue weighted by atomic mass is 9.89. The molecule has 13 heavy (non-hydrogen) atoms. The van der Waals surface area contributed by atoms with Crippen molar-refractivity contribution >= 4 is 6.09 Å². The van der Waals surface area contributed by atoms with E-state index in [1.165, 1.54) is 0 Å². The zero-order chi connectivity index (χ0) is 9.68. The maximum atomic E-state index is 10.2. The second kappa shape index (κ2) is 5.07. The van der Waals surface area contributed by atoms with Gasteiger partial charge >= 0.3 is 6.09 Å². The van der Waals surface area contributed by atoms with Gasteiger partial charge in [0.15, 0.2) is 0 Å². The van der Waals surface area contributed by atoms with Crippen molar-refractivity contribution in [3.63, 3.8) is 0 Å². The number of hydrogen-bond donors (Lipinski definition) is 2. The molecule has 4 heteroatoms. The Balaban J connectivity index is 1.95. The summed E-state index contributed by atoms with van der Waals surface area (Å²) in [4.78, 5) is 10.2. The number of nitrogens with one attached hydrogen (secondary N) is 1. The maximum absolute atomic E-state index is 10.2. The standard InChI is InChI=1S/C9H17NO3/c1-2-3-4-13-8-5-7(6-8)10-9(11)12/h7-8,10H,2-6H2,1H3,(H,11,12)/t7-,8+. The number of unbranched alkanes of at least 4 members (excludes halogenated alkanes) is 1. The average Bonchev–Trinajstić information content (AvgIpc) is 1.99. The lowest BCUT2D eigenvalue weighted by Crippen LogP contribution is -2.47. The second-order valence-electron chi connectivity index (χ2n) is 3.46. The summed E-state index contributed by atoms with van der Waals surface area (Å²) >= 11 is 0. The Morgan fingerprint density at radius 2 is 2.31 bits per heavy atom. The van der Waals surface area contributed by atoms with E-state index in [9.17, 15) is 4.79 Å². The van der Waals surface area contributed by atoms with Gasteiger partial charge in [-0.3, -0.25) is 0 Å². The fourth-order valence-electron chi connectivity index (χ4n) is 1.39. The van der Waals surface area contributed by atoms with Gasteiger partial charge in [0.2, 0.25) is 0 Å². The highest BCUT2D eigenvalue weighted by molar-refractivity contribution is 5.65. The summed E-state index contributed by atoms with van der Waals surface area (Å²) in [6.45, 7) is 2.93. The molecular formula is C9H17NO3. The fraction of sp³-hybridized carbons (Fsp3) is 0.889. The lowest BCUT2D eigenvalue weighted by molar-refractivity contribution is -0.0161. The SMILES string of the molecule is CCCCO[C@H]1C[C@@H](NC(=O)O)C1. The molecule has 1 aliphatic rings. The average molecular weight is 187 g/mol. The largest absolute Gasteiger partial charge is 0.465 e. The third-order valence-corrected chi connectivity index (χ3v) is 2.27. The molecular weight excluding hydrogens is 170 g/mol. The number of ether oxygens (including phenoxy) is 1. The highest BCUT2D eigenvalue weighted by atomic mass is 16.5. The fourth-order valence-corrected chi connectivity index (χ4v) is 1.39. The summed E-state index contributed by atoms with van der Waals surface area (Å²) in [5.41, 5.74) is 0. The predicted molar refractivity (Wildman–Crippen MR) is 48.8 cm³/mol. The minimum absolute atomic E-state index is 0.115. The molecule has 0 bridgehead atoms. The van der Waals surface area contributed by atoms with Gasteiger partial charge in [-0.2, -0.15) is 0 Å². The molecule has 0 aliphatic heterocycles. The molecule has 0 unspecified atom stereocenters. The number of carbonyl (C=O) groups is 1. The molecule has 1 amide bonds. The van der Waals surface area contributed by atoms with Crippen LogP contribution in [0.1, 0.15) is 32.6 Å². The minimum atomic E-state index is -0.933. The third kappa shape index (κ3) is 3.63. The van der Waals surface area contributed by atoms with Crippen molar-refractivity contribution in [1.82, 2.24) is 5.32 Å². The summed E-state index contributed by atoms with van der Waals surface area (Å²) < 4.78 is 5.50. The summed E-state index contributed by atoms with van der Waals surface area (Å²) in [6, 6.07) is 0.115. The molecule has 1 fully saturated rings. The molecule has 4 nitrogen and oxygen atoms in total. The van der Waals surface area contributed by atoms with Crippen LogP contribution in [-0.2, 0) is 4.74 Å². The Hall–Kier alpha value is -0.770. The first kappa shape index (κ1) is 10.3. The van der Waals surface area contributed by atoms with E-state index in [0.29, 0.717) is 0 Å². The smallest absolute Gasteiger partial charge is 0.404 e. The number of carboxylic acid groups (broad SMARTS) is 1. The van der Waals surface area contributed by atoms with Gasteiger partial charge in [-0.05, 0) is 19.3 Å². The number of rotatable bonds is 5. The number of hydrogen-bond acceptors (Lipinski definition) is 2. The van der Waals surface area contributed by atoms with Gasteiger partial charge in [0.25, 0.3) is 0 Å². The molecule has 0 aromatic heterocycles. The number of amides is 1. The Morgan fingerprint density at radius 1 is 1.62 bits per heavy atom. The van der Waals surface area contributed by atoms with Crippen molar-refractivity contribution in [2.24, 2.45) is 0 Å². The molecule has 0 aromatic rings. The summed E-state index contributed by atoms with van der Waals surface area (Å²) in [6.07, 6.45) is 3.24. The molecule has 0 radical (unpaired) electrons. The van der Waals surface area contributed by atoms with Gasteiger partial charge in [-0.1, -0.05) is 13.3 Å². The van der Waals surface area contributed by atoms with Crippen molar-refractivity contribution in [2.45, 2.75) is 44.8 Å². The van der Waals surface area contributed by atoms with Crippen LogP contribution < -0.4 is 5.32 Å². The van der Waals surface area contributed by atoms with Crippen LogP contribution >= 0.6 is 0 Å². The zero-order valence-corrected chi connectivity index (χ0v) is 7.95. The Labute approximate surface area is 78.3 Å². The van der Waals surface area contributed by atoms with E-state index in [-0.39, 0.29) is 12.1 Å². The first-order valence-corrected chi connectivity index (χ1v) is 4.83. The Morgan fingerprint density at radius 3 is 2.85 bits per heavy atom. The molecule has 0 aromatic carbocycles. The second-order valence-corrected chi connectivity index (χ2v) is 3.46. The van der Waals surface area contributed by atoms with Crippen LogP contribution in [0.15, 0.2) is 0 Å². The van der Waals surface area contributed by atoms with Crippen LogP contribution in [0.4, 0.5) is 4.79 Å². The van der Waals surface area contributed by atoms with E-state index in [4.69, 9.17) is 9.84 Å². The van der Waals surface area contributed by atoms with E-state index in [0.717, 1.165) is 32.3 Å². The van der Waals surface area contributed by atoms with Crippen LogP contribution in [-0.4, -0.2) is 30.0 Å². The summed E-state index contributed by atoms with van der Waals surface area (Å²) in [7, 11) is 0. The Kier molecular flexibility index (Phi) is 4.02. The molecule has 76 valence electrons. The molecule has 0 saturated heterocycles. The van der Waals surface area contributed by atoms with E-state index in [1.807, 2.05) is 0 Å². The van der Waals surface area contributed by atoms with E-state index in [1.54, 1.807) is 0 Å². The summed E-state index contributed by atoms with van der Waals surface area (Å²) in [5, 5.41) is 10.8. The van der Waals surface area contributed by atoms with Gasteiger partial charge < -0.3 is 15.2 Å². The van der Waals surface area contributed by atoms with Crippen LogP contribution in [0, 0.1) is 0 Å². The van der Waals surface area contributed by atoms with Crippen LogP contribution in [0.25, 0.3) is 0 Å². The summed E-state index contributed by atoms with van der Waals surface area (Å²) in [5.74, 6) is 0. The van der Waals surface area contributed by atoms with Crippen LogP contribution in [0.5, 0.6) is 0 Å². The highest BCUT2D eigenvalue weighted by Crippen LogP contribution is 2.23. The van der Waals surface area contributed by atoms with Gasteiger partial charge in [-0.25, -0.2) is 4.79 Å². The van der Waals surface area contributed by atoms with Gasteiger partial charge in [0, 0.05) is 12.6 Å². The van der Waals surface area contributed by atoms with Gasteiger partial charge in [0.1, 0.15) is 0 Å². The normalized spacial score (nSPS) is 26.5. The minimum Gasteiger partial charge on any atom is -0.465 e. The Bertz CT molecular complexity index is 166. The zero-order valence-electron chi connectivity index (χ0n) is 7.95. The van der Waals surface area contributed by atoms with Crippen LogP contribution in [0.2, 0.25) is 0 Å². The van der Waals surface area contributed by atoms with E-state index >= 15 is 0 Å². The van der Waals surface area contributed by atoms with Crippen molar-refractivity contribution in [3.05, 3.63) is 0 Å². The van der Waals surface area contributed by atoms with Crippen molar-refractivity contribution in [3.8, 4) is 0 Å². The molecule has 2 N–H and O–H groups in total. The molecule has 0 heterocycles. The van der Waals surface area contributed by atoms with E-state index < -0.39 is 6.09 Å². The molecule has 1 rings (SSSR count). The molecule has 0 atom stereocenters.